The number of primary amides is 1. The maximum atomic E-state index is 12.3. The van der Waals surface area contributed by atoms with Crippen molar-refractivity contribution in [3.8, 4) is 16.9 Å². The number of rotatable bonds is 6. The first kappa shape index (κ1) is 18.8. The highest BCUT2D eigenvalue weighted by Gasteiger charge is 2.23. The molecule has 1 heterocycles. The molecular weight excluding hydrogens is 336 g/mol. The number of aryl methyl sites for hydroxylation is 2. The molecular formula is C23H26N2O2. The number of carbonyl (C=O) groups is 1. The molecule has 0 aliphatic heterocycles. The van der Waals surface area contributed by atoms with Crippen molar-refractivity contribution in [2.45, 2.75) is 40.2 Å². The first-order chi connectivity index (χ1) is 12.9. The van der Waals surface area contributed by atoms with Crippen LogP contribution in [0.5, 0.6) is 5.75 Å². The Morgan fingerprint density at radius 3 is 2.41 bits per heavy atom. The van der Waals surface area contributed by atoms with Crippen LogP contribution in [-0.2, 0) is 19.4 Å². The zero-order chi connectivity index (χ0) is 19.6. The minimum atomic E-state index is -0.387. The summed E-state index contributed by atoms with van der Waals surface area (Å²) in [6.45, 7) is 6.88. The molecule has 4 heteroatoms. The lowest BCUT2D eigenvalue weighted by Crippen LogP contribution is -2.14. The number of nitrogens with two attached hydrogens (primary N) is 1. The molecule has 3 N–H and O–H groups in total. The van der Waals surface area contributed by atoms with Crippen LogP contribution in [0.2, 0.25) is 0 Å². The van der Waals surface area contributed by atoms with Crippen LogP contribution in [0.4, 0.5) is 0 Å². The van der Waals surface area contributed by atoms with Crippen LogP contribution >= 0.6 is 0 Å². The van der Waals surface area contributed by atoms with Gasteiger partial charge < -0.3 is 15.4 Å². The molecule has 1 amide bonds. The topological polar surface area (TPSA) is 68.2 Å². The average molecular weight is 362 g/mol. The lowest BCUT2D eigenvalue weighted by atomic mass is 9.97. The van der Waals surface area contributed by atoms with E-state index < -0.39 is 0 Å². The summed E-state index contributed by atoms with van der Waals surface area (Å²) in [6.07, 6.45) is 1.63. The maximum Gasteiger partial charge on any atom is 0.251 e. The highest BCUT2D eigenvalue weighted by molar-refractivity contribution is 6.02. The van der Waals surface area contributed by atoms with E-state index in [2.05, 4.69) is 17.6 Å². The normalized spacial score (nSPS) is 10.9. The zero-order valence-corrected chi connectivity index (χ0v) is 16.1. The van der Waals surface area contributed by atoms with Crippen molar-refractivity contribution in [1.29, 1.82) is 0 Å². The summed E-state index contributed by atoms with van der Waals surface area (Å²) in [5.74, 6) is -0.120. The molecule has 0 aliphatic rings. The molecule has 140 valence electrons. The molecule has 2 aromatic carbocycles. The fourth-order valence-electron chi connectivity index (χ4n) is 3.78. The van der Waals surface area contributed by atoms with Gasteiger partial charge in [-0.3, -0.25) is 4.79 Å². The van der Waals surface area contributed by atoms with Gasteiger partial charge in [0.25, 0.3) is 5.91 Å². The highest BCUT2D eigenvalue weighted by Crippen LogP contribution is 2.34. The molecule has 0 radical (unpaired) electrons. The molecule has 0 bridgehead atoms. The minimum absolute atomic E-state index is 0.267. The van der Waals surface area contributed by atoms with E-state index in [-0.39, 0.29) is 11.7 Å². The molecule has 0 unspecified atom stereocenters. The van der Waals surface area contributed by atoms with Crippen molar-refractivity contribution in [1.82, 2.24) is 4.57 Å². The van der Waals surface area contributed by atoms with Crippen LogP contribution in [0, 0.1) is 13.8 Å². The molecule has 0 fully saturated rings. The Labute approximate surface area is 160 Å². The van der Waals surface area contributed by atoms with Gasteiger partial charge in [-0.15, -0.1) is 0 Å². The van der Waals surface area contributed by atoms with Crippen LogP contribution in [0.25, 0.3) is 11.1 Å². The van der Waals surface area contributed by atoms with E-state index in [0.717, 1.165) is 53.0 Å². The Morgan fingerprint density at radius 1 is 1.11 bits per heavy atom. The molecule has 3 aromatic rings. The van der Waals surface area contributed by atoms with Crippen LogP contribution < -0.4 is 5.73 Å². The van der Waals surface area contributed by atoms with E-state index >= 15 is 0 Å². The third-order valence-corrected chi connectivity index (χ3v) is 5.08. The number of carbonyl (C=O) groups excluding carboxylic acids is 1. The smallest absolute Gasteiger partial charge is 0.251 e. The highest BCUT2D eigenvalue weighted by atomic mass is 16.3. The third-order valence-electron chi connectivity index (χ3n) is 5.08. The van der Waals surface area contributed by atoms with E-state index in [4.69, 9.17) is 5.73 Å². The number of aromatic hydroxyl groups is 1. The van der Waals surface area contributed by atoms with Crippen molar-refractivity contribution in [3.05, 3.63) is 76.6 Å². The molecule has 4 nitrogen and oxygen atoms in total. The second kappa shape index (κ2) is 7.70. The monoisotopic (exact) mass is 362 g/mol. The van der Waals surface area contributed by atoms with E-state index in [0.29, 0.717) is 5.56 Å². The number of benzene rings is 2. The summed E-state index contributed by atoms with van der Waals surface area (Å²) in [6, 6.07) is 15.5. The summed E-state index contributed by atoms with van der Waals surface area (Å²) in [7, 11) is 0. The number of phenolic OH excluding ortho intramolecular Hbond substituents is 1. The second-order valence-electron chi connectivity index (χ2n) is 6.94. The van der Waals surface area contributed by atoms with Gasteiger partial charge in [0.05, 0.1) is 5.56 Å². The Balaban J connectivity index is 2.07. The Morgan fingerprint density at radius 2 is 1.81 bits per heavy atom. The number of hydrogen-bond acceptors (Lipinski definition) is 2. The van der Waals surface area contributed by atoms with Crippen LogP contribution in [0.1, 0.15) is 39.8 Å². The summed E-state index contributed by atoms with van der Waals surface area (Å²) in [5, 5.41) is 9.46. The summed E-state index contributed by atoms with van der Waals surface area (Å²) < 4.78 is 2.21. The number of aromatic nitrogens is 1. The fourth-order valence-corrected chi connectivity index (χ4v) is 3.78. The lowest BCUT2D eigenvalue weighted by molar-refractivity contribution is 0.1000. The summed E-state index contributed by atoms with van der Waals surface area (Å²) >= 11 is 0. The van der Waals surface area contributed by atoms with Gasteiger partial charge in [0.2, 0.25) is 0 Å². The lowest BCUT2D eigenvalue weighted by Gasteiger charge is -2.12. The Kier molecular flexibility index (Phi) is 5.36. The Hall–Kier alpha value is -3.01. The first-order valence-corrected chi connectivity index (χ1v) is 9.29. The molecule has 1 aromatic heterocycles. The maximum absolute atomic E-state index is 12.3. The standard InChI is InChI=1S/C23H26N2O2/c1-4-20-22(18-7-5-6-15(2)14-18)21(23(24)27)16(3)25(20)13-12-17-8-10-19(26)11-9-17/h5-11,14,26H,4,12-13H2,1-3H3,(H2,24,27). The van der Waals surface area contributed by atoms with Gasteiger partial charge in [0.15, 0.2) is 0 Å². The number of hydrogen-bond donors (Lipinski definition) is 2. The fraction of sp³-hybridized carbons (Fsp3) is 0.261. The van der Waals surface area contributed by atoms with Gasteiger partial charge in [0.1, 0.15) is 5.75 Å². The van der Waals surface area contributed by atoms with E-state index in [9.17, 15) is 9.90 Å². The molecule has 0 saturated heterocycles. The van der Waals surface area contributed by atoms with Crippen LogP contribution in [0.15, 0.2) is 48.5 Å². The predicted molar refractivity (Wildman–Crippen MR) is 109 cm³/mol. The largest absolute Gasteiger partial charge is 0.508 e. The average Bonchev–Trinajstić information content (AvgIpc) is 2.93. The van der Waals surface area contributed by atoms with Crippen LogP contribution in [0.3, 0.4) is 0 Å². The number of nitrogens with zero attached hydrogens (tertiary/aromatic N) is 1. The van der Waals surface area contributed by atoms with Gasteiger partial charge in [-0.25, -0.2) is 0 Å². The van der Waals surface area contributed by atoms with Crippen molar-refractivity contribution in [3.63, 3.8) is 0 Å². The number of amides is 1. The SMILES string of the molecule is CCc1c(-c2cccc(C)c2)c(C(N)=O)c(C)n1CCc1ccc(O)cc1. The molecule has 0 atom stereocenters. The molecule has 3 rings (SSSR count). The van der Waals surface area contributed by atoms with E-state index in [1.807, 2.05) is 44.2 Å². The van der Waals surface area contributed by atoms with Gasteiger partial charge in [-0.2, -0.15) is 0 Å². The molecule has 0 aliphatic carbocycles. The quantitative estimate of drug-likeness (QED) is 0.683. The Bertz CT molecular complexity index is 969. The van der Waals surface area contributed by atoms with Crippen LogP contribution in [-0.4, -0.2) is 15.6 Å². The van der Waals surface area contributed by atoms with Gasteiger partial charge in [0, 0.05) is 23.5 Å². The first-order valence-electron chi connectivity index (χ1n) is 9.29. The van der Waals surface area contributed by atoms with Crippen molar-refractivity contribution >= 4 is 5.91 Å². The molecule has 0 spiro atoms. The van der Waals surface area contributed by atoms with Crippen molar-refractivity contribution in [2.24, 2.45) is 5.73 Å². The van der Waals surface area contributed by atoms with Crippen molar-refractivity contribution < 1.29 is 9.90 Å². The van der Waals surface area contributed by atoms with Crippen molar-refractivity contribution in [2.75, 3.05) is 0 Å². The summed E-state index contributed by atoms with van der Waals surface area (Å²) in [5.41, 5.74) is 12.7. The third kappa shape index (κ3) is 3.75. The summed E-state index contributed by atoms with van der Waals surface area (Å²) in [4.78, 5) is 12.3. The predicted octanol–water partition coefficient (Wildman–Crippen LogP) is 4.38. The van der Waals surface area contributed by atoms with E-state index in [1.165, 1.54) is 0 Å². The van der Waals surface area contributed by atoms with Gasteiger partial charge in [-0.1, -0.05) is 48.9 Å². The molecule has 0 saturated carbocycles. The van der Waals surface area contributed by atoms with Gasteiger partial charge >= 0.3 is 0 Å². The van der Waals surface area contributed by atoms with E-state index in [1.54, 1.807) is 12.1 Å². The second-order valence-corrected chi connectivity index (χ2v) is 6.94. The zero-order valence-electron chi connectivity index (χ0n) is 16.1. The molecule has 27 heavy (non-hydrogen) atoms. The minimum Gasteiger partial charge on any atom is -0.508 e. The number of phenols is 1. The van der Waals surface area contributed by atoms with Gasteiger partial charge in [-0.05, 0) is 49.9 Å².